The van der Waals surface area contributed by atoms with Gasteiger partial charge in [0.05, 0.1) is 0 Å². The second-order valence-corrected chi connectivity index (χ2v) is 8.72. The van der Waals surface area contributed by atoms with Crippen LogP contribution in [0.2, 0.25) is 5.02 Å². The van der Waals surface area contributed by atoms with Gasteiger partial charge in [-0.3, -0.25) is 9.59 Å². The first-order valence-corrected chi connectivity index (χ1v) is 11.0. The van der Waals surface area contributed by atoms with E-state index in [0.717, 1.165) is 23.7 Å². The van der Waals surface area contributed by atoms with Gasteiger partial charge in [-0.25, -0.2) is 13.8 Å². The van der Waals surface area contributed by atoms with Crippen LogP contribution in [-0.2, 0) is 22.6 Å². The van der Waals surface area contributed by atoms with Crippen LogP contribution in [-0.4, -0.2) is 22.8 Å². The summed E-state index contributed by atoms with van der Waals surface area (Å²) in [6, 6.07) is 5.33. The van der Waals surface area contributed by atoms with E-state index in [4.69, 9.17) is 17.3 Å². The molecular formula is C23H27ClF2N4O2. The molecule has 1 aromatic heterocycles. The average Bonchev–Trinajstić information content (AvgIpc) is 3.22. The van der Waals surface area contributed by atoms with Crippen LogP contribution in [0.3, 0.4) is 0 Å². The van der Waals surface area contributed by atoms with Crippen molar-refractivity contribution in [3.05, 3.63) is 57.7 Å². The van der Waals surface area contributed by atoms with Gasteiger partial charge in [0, 0.05) is 18.2 Å². The van der Waals surface area contributed by atoms with Gasteiger partial charge in [0.1, 0.15) is 28.5 Å². The molecule has 3 rings (SSSR count). The van der Waals surface area contributed by atoms with Crippen molar-refractivity contribution < 1.29 is 18.4 Å². The Labute approximate surface area is 190 Å². The molecule has 0 spiro atoms. The van der Waals surface area contributed by atoms with E-state index in [2.05, 4.69) is 15.6 Å². The zero-order valence-electron chi connectivity index (χ0n) is 18.1. The lowest BCUT2D eigenvalue weighted by molar-refractivity contribution is -0.130. The van der Waals surface area contributed by atoms with Crippen LogP contribution in [0.15, 0.2) is 24.3 Å². The summed E-state index contributed by atoms with van der Waals surface area (Å²) in [6.07, 6.45) is 2.36. The lowest BCUT2D eigenvalue weighted by Gasteiger charge is -2.18. The van der Waals surface area contributed by atoms with E-state index >= 15 is 0 Å². The molecule has 0 unspecified atom stereocenters. The largest absolute Gasteiger partial charge is 0.384 e. The maximum absolute atomic E-state index is 14.2. The Kier molecular flexibility index (Phi) is 7.66. The van der Waals surface area contributed by atoms with Gasteiger partial charge in [-0.05, 0) is 68.7 Å². The van der Waals surface area contributed by atoms with Crippen LogP contribution in [0.1, 0.15) is 43.0 Å². The normalized spacial score (nSPS) is 18.9. The van der Waals surface area contributed by atoms with Crippen molar-refractivity contribution in [2.45, 2.75) is 52.1 Å². The summed E-state index contributed by atoms with van der Waals surface area (Å²) in [5, 5.41) is 5.06. The monoisotopic (exact) mass is 464 g/mol. The van der Waals surface area contributed by atoms with Crippen LogP contribution >= 0.6 is 11.6 Å². The number of nitrogens with two attached hydrogens (primary N) is 1. The molecule has 2 amide bonds. The van der Waals surface area contributed by atoms with Gasteiger partial charge in [-0.15, -0.1) is 0 Å². The number of halogens is 3. The molecule has 1 aliphatic carbocycles. The zero-order chi connectivity index (χ0) is 23.4. The first kappa shape index (κ1) is 23.9. The molecule has 1 aliphatic rings. The standard InChI is InChI=1S/C23H27ClF2N4O2/c1-12-17(6-8-19(27)29-12)11-28-22(31)13(2)30-23(32)16-4-3-14(10-16)9-15-5-7-18(25)20(24)21(15)26/h5-8,13-14,16H,3-4,9-11H2,1-2H3,(H2,27,29)(H,28,31)(H,30,32)/t13-,14-,16+/m0/s1. The third-order valence-electron chi connectivity index (χ3n) is 5.96. The number of aryl methyl sites for hydroxylation is 1. The number of aromatic nitrogens is 1. The van der Waals surface area contributed by atoms with Crippen molar-refractivity contribution in [1.82, 2.24) is 15.6 Å². The van der Waals surface area contributed by atoms with E-state index in [9.17, 15) is 18.4 Å². The van der Waals surface area contributed by atoms with E-state index in [1.807, 2.05) is 6.92 Å². The van der Waals surface area contributed by atoms with Crippen molar-refractivity contribution in [2.75, 3.05) is 5.73 Å². The van der Waals surface area contributed by atoms with Crippen molar-refractivity contribution in [1.29, 1.82) is 0 Å². The first-order valence-electron chi connectivity index (χ1n) is 10.6. The Balaban J connectivity index is 1.48. The Morgan fingerprint density at radius 3 is 2.66 bits per heavy atom. The van der Waals surface area contributed by atoms with Gasteiger partial charge in [-0.1, -0.05) is 23.7 Å². The van der Waals surface area contributed by atoms with Crippen molar-refractivity contribution in [3.63, 3.8) is 0 Å². The van der Waals surface area contributed by atoms with E-state index in [-0.39, 0.29) is 30.2 Å². The minimum absolute atomic E-state index is 0.0897. The summed E-state index contributed by atoms with van der Waals surface area (Å²) in [5.41, 5.74) is 7.56. The summed E-state index contributed by atoms with van der Waals surface area (Å²) in [7, 11) is 0. The number of nitrogens with one attached hydrogen (secondary N) is 2. The molecule has 0 radical (unpaired) electrons. The molecule has 4 N–H and O–H groups in total. The number of amides is 2. The molecule has 1 heterocycles. The highest BCUT2D eigenvalue weighted by atomic mass is 35.5. The molecule has 2 aromatic rings. The number of benzene rings is 1. The molecule has 1 aromatic carbocycles. The number of carbonyl (C=O) groups is 2. The molecule has 0 bridgehead atoms. The van der Waals surface area contributed by atoms with Crippen molar-refractivity contribution in [2.24, 2.45) is 11.8 Å². The fraction of sp³-hybridized carbons (Fsp3) is 0.435. The molecule has 1 fully saturated rings. The Hall–Kier alpha value is -2.74. The number of nitrogens with zero attached hydrogens (tertiary/aromatic N) is 1. The van der Waals surface area contributed by atoms with Crippen LogP contribution in [0.25, 0.3) is 0 Å². The highest BCUT2D eigenvalue weighted by molar-refractivity contribution is 6.30. The highest BCUT2D eigenvalue weighted by Crippen LogP contribution is 2.35. The third-order valence-corrected chi connectivity index (χ3v) is 6.30. The minimum atomic E-state index is -0.785. The molecule has 172 valence electrons. The van der Waals surface area contributed by atoms with E-state index in [1.165, 1.54) is 6.07 Å². The maximum atomic E-state index is 14.2. The topological polar surface area (TPSA) is 97.1 Å². The Morgan fingerprint density at radius 1 is 1.22 bits per heavy atom. The summed E-state index contributed by atoms with van der Waals surface area (Å²) in [6.45, 7) is 3.73. The SMILES string of the molecule is Cc1nc(N)ccc1CNC(=O)[C@H](C)NC(=O)[C@@H]1CC[C@@H](Cc2ccc(F)c(Cl)c2F)C1. The molecule has 1 saturated carbocycles. The van der Waals surface area contributed by atoms with Crippen LogP contribution in [0.4, 0.5) is 14.6 Å². The first-order chi connectivity index (χ1) is 15.2. The van der Waals surface area contributed by atoms with Gasteiger partial charge < -0.3 is 16.4 Å². The Bertz CT molecular complexity index is 1020. The maximum Gasteiger partial charge on any atom is 0.242 e. The molecule has 6 nitrogen and oxygen atoms in total. The summed E-state index contributed by atoms with van der Waals surface area (Å²) >= 11 is 5.65. The molecule has 0 aliphatic heterocycles. The van der Waals surface area contributed by atoms with Crippen LogP contribution in [0, 0.1) is 30.4 Å². The van der Waals surface area contributed by atoms with Gasteiger partial charge in [0.2, 0.25) is 11.8 Å². The van der Waals surface area contributed by atoms with E-state index < -0.39 is 22.7 Å². The highest BCUT2D eigenvalue weighted by Gasteiger charge is 2.32. The number of anilines is 1. The second kappa shape index (κ2) is 10.3. The molecule has 32 heavy (non-hydrogen) atoms. The number of nitrogen functional groups attached to an aromatic ring is 1. The average molecular weight is 465 g/mol. The molecule has 9 heteroatoms. The molecule has 3 atom stereocenters. The predicted molar refractivity (Wildman–Crippen MR) is 119 cm³/mol. The molecule has 0 saturated heterocycles. The summed E-state index contributed by atoms with van der Waals surface area (Å²) in [5.74, 6) is -1.77. The van der Waals surface area contributed by atoms with Crippen molar-refractivity contribution in [3.8, 4) is 0 Å². The summed E-state index contributed by atoms with van der Waals surface area (Å²) < 4.78 is 27.5. The van der Waals surface area contributed by atoms with Crippen LogP contribution in [0.5, 0.6) is 0 Å². The number of hydrogen-bond acceptors (Lipinski definition) is 4. The number of pyridine rings is 1. The number of rotatable bonds is 7. The van der Waals surface area contributed by atoms with Gasteiger partial charge >= 0.3 is 0 Å². The smallest absolute Gasteiger partial charge is 0.242 e. The lowest BCUT2D eigenvalue weighted by atomic mass is 9.96. The summed E-state index contributed by atoms with van der Waals surface area (Å²) in [4.78, 5) is 29.2. The lowest BCUT2D eigenvalue weighted by Crippen LogP contribution is -2.46. The molecular weight excluding hydrogens is 438 g/mol. The minimum Gasteiger partial charge on any atom is -0.384 e. The van der Waals surface area contributed by atoms with Crippen LogP contribution < -0.4 is 16.4 Å². The van der Waals surface area contributed by atoms with Crippen molar-refractivity contribution >= 4 is 29.2 Å². The number of hydrogen-bond donors (Lipinski definition) is 3. The second-order valence-electron chi connectivity index (χ2n) is 8.34. The fourth-order valence-corrected chi connectivity index (χ4v) is 4.25. The zero-order valence-corrected chi connectivity index (χ0v) is 18.8. The third kappa shape index (κ3) is 5.73. The predicted octanol–water partition coefficient (Wildman–Crippen LogP) is 3.68. The van der Waals surface area contributed by atoms with E-state index in [1.54, 1.807) is 19.1 Å². The fourth-order valence-electron chi connectivity index (χ4n) is 4.06. The quantitative estimate of drug-likeness (QED) is 0.544. The van der Waals surface area contributed by atoms with Gasteiger partial charge in [-0.2, -0.15) is 0 Å². The van der Waals surface area contributed by atoms with Gasteiger partial charge in [0.15, 0.2) is 0 Å². The Morgan fingerprint density at radius 2 is 1.94 bits per heavy atom. The number of carbonyl (C=O) groups excluding carboxylic acids is 2. The van der Waals surface area contributed by atoms with Gasteiger partial charge in [0.25, 0.3) is 0 Å². The van der Waals surface area contributed by atoms with E-state index in [0.29, 0.717) is 30.6 Å².